The van der Waals surface area contributed by atoms with E-state index in [2.05, 4.69) is 36.6 Å². The lowest BCUT2D eigenvalue weighted by atomic mass is 10.1. The van der Waals surface area contributed by atoms with Crippen LogP contribution in [0.2, 0.25) is 0 Å². The fourth-order valence-electron chi connectivity index (χ4n) is 2.23. The third kappa shape index (κ3) is 7.45. The van der Waals surface area contributed by atoms with Gasteiger partial charge in [-0.2, -0.15) is 0 Å². The monoisotopic (exact) mass is 517 g/mol. The lowest BCUT2D eigenvalue weighted by molar-refractivity contribution is -0.142. The summed E-state index contributed by atoms with van der Waals surface area (Å²) in [6, 6.07) is 10.7. The summed E-state index contributed by atoms with van der Waals surface area (Å²) in [7, 11) is -3.33. The van der Waals surface area contributed by atoms with Gasteiger partial charge in [-0.1, -0.05) is 56.1 Å². The Labute approximate surface area is 174 Å². The third-order valence-corrected chi connectivity index (χ3v) is 5.18. The molecular formula is C18H17Br2NO5S. The van der Waals surface area contributed by atoms with Crippen LogP contribution in [0.5, 0.6) is 0 Å². The van der Waals surface area contributed by atoms with Gasteiger partial charge in [0.15, 0.2) is 0 Å². The zero-order valence-corrected chi connectivity index (χ0v) is 18.3. The fourth-order valence-corrected chi connectivity index (χ4v) is 4.34. The molecule has 144 valence electrons. The molecule has 0 spiro atoms. The van der Waals surface area contributed by atoms with Gasteiger partial charge in [-0.3, -0.25) is 4.72 Å². The average molecular weight is 519 g/mol. The van der Waals surface area contributed by atoms with E-state index in [4.69, 9.17) is 9.84 Å². The van der Waals surface area contributed by atoms with Gasteiger partial charge in [0, 0.05) is 20.2 Å². The third-order valence-electron chi connectivity index (χ3n) is 3.27. The molecule has 0 saturated carbocycles. The minimum atomic E-state index is -3.33. The van der Waals surface area contributed by atoms with Crippen molar-refractivity contribution in [2.75, 3.05) is 17.6 Å². The summed E-state index contributed by atoms with van der Waals surface area (Å²) in [4.78, 5) is 10.5. The van der Waals surface area contributed by atoms with Crippen molar-refractivity contribution in [2.24, 2.45) is 0 Å². The van der Waals surface area contributed by atoms with Crippen LogP contribution in [0.15, 0.2) is 45.3 Å². The lowest BCUT2D eigenvalue weighted by Crippen LogP contribution is -2.09. The molecular weight excluding hydrogens is 502 g/mol. The van der Waals surface area contributed by atoms with Gasteiger partial charge in [0.25, 0.3) is 0 Å². The number of carboxylic acids is 1. The van der Waals surface area contributed by atoms with Crippen molar-refractivity contribution in [3.63, 3.8) is 0 Å². The molecule has 0 bridgehead atoms. The van der Waals surface area contributed by atoms with Crippen molar-refractivity contribution in [3.8, 4) is 0 Å². The van der Waals surface area contributed by atoms with E-state index in [-0.39, 0.29) is 13.2 Å². The van der Waals surface area contributed by atoms with Crippen LogP contribution in [0.4, 0.5) is 5.69 Å². The SMILES string of the molecule is CS(=O)(=O)Nc1cccc(C=Cc2c(Br)cc(COCC(=O)O)cc2Br)c1. The molecule has 27 heavy (non-hydrogen) atoms. The van der Waals surface area contributed by atoms with Crippen molar-refractivity contribution >= 4 is 65.7 Å². The molecule has 2 aromatic rings. The molecule has 9 heteroatoms. The predicted octanol–water partition coefficient (Wildman–Crippen LogP) is 4.35. The smallest absolute Gasteiger partial charge is 0.329 e. The lowest BCUT2D eigenvalue weighted by Gasteiger charge is -2.08. The van der Waals surface area contributed by atoms with Gasteiger partial charge in [-0.05, 0) is 35.4 Å². The summed E-state index contributed by atoms with van der Waals surface area (Å²) < 4.78 is 31.8. The summed E-state index contributed by atoms with van der Waals surface area (Å²) in [6.45, 7) is -0.165. The molecule has 2 rings (SSSR count). The minimum Gasteiger partial charge on any atom is -0.480 e. The largest absolute Gasteiger partial charge is 0.480 e. The van der Waals surface area contributed by atoms with Crippen LogP contribution >= 0.6 is 31.9 Å². The Morgan fingerprint density at radius 1 is 1.19 bits per heavy atom. The van der Waals surface area contributed by atoms with Crippen molar-refractivity contribution in [1.29, 1.82) is 0 Å². The zero-order valence-electron chi connectivity index (χ0n) is 14.3. The predicted molar refractivity (Wildman–Crippen MR) is 113 cm³/mol. The number of nitrogens with one attached hydrogen (secondary N) is 1. The highest BCUT2D eigenvalue weighted by atomic mass is 79.9. The Morgan fingerprint density at radius 2 is 1.85 bits per heavy atom. The summed E-state index contributed by atoms with van der Waals surface area (Å²) >= 11 is 7.00. The first kappa shape index (κ1) is 21.6. The number of aliphatic carboxylic acids is 1. The van der Waals surface area contributed by atoms with E-state index in [1.165, 1.54) is 0 Å². The minimum absolute atomic E-state index is 0.187. The molecule has 0 aliphatic carbocycles. The van der Waals surface area contributed by atoms with Gasteiger partial charge < -0.3 is 9.84 Å². The van der Waals surface area contributed by atoms with Gasteiger partial charge in [0.05, 0.1) is 12.9 Å². The standard InChI is InChI=1S/C18H17Br2NO5S/c1-27(24,25)21-14-4-2-3-12(7-14)5-6-15-16(19)8-13(9-17(15)20)10-26-11-18(22)23/h2-9,21H,10-11H2,1H3,(H,22,23). The molecule has 6 nitrogen and oxygen atoms in total. The average Bonchev–Trinajstić information content (AvgIpc) is 2.52. The highest BCUT2D eigenvalue weighted by molar-refractivity contribution is 9.11. The second-order valence-corrected chi connectivity index (χ2v) is 9.15. The quantitative estimate of drug-likeness (QED) is 0.506. The molecule has 0 heterocycles. The van der Waals surface area contributed by atoms with Gasteiger partial charge in [0.1, 0.15) is 6.61 Å². The highest BCUT2D eigenvalue weighted by Gasteiger charge is 2.07. The van der Waals surface area contributed by atoms with E-state index in [9.17, 15) is 13.2 Å². The second-order valence-electron chi connectivity index (χ2n) is 5.69. The van der Waals surface area contributed by atoms with E-state index < -0.39 is 16.0 Å². The number of carboxylic acid groups (broad SMARTS) is 1. The van der Waals surface area contributed by atoms with Crippen LogP contribution in [-0.2, 0) is 26.2 Å². The van der Waals surface area contributed by atoms with Crippen molar-refractivity contribution < 1.29 is 23.1 Å². The van der Waals surface area contributed by atoms with E-state index in [1.54, 1.807) is 18.2 Å². The van der Waals surface area contributed by atoms with Crippen molar-refractivity contribution in [1.82, 2.24) is 0 Å². The molecule has 0 saturated heterocycles. The fraction of sp³-hybridized carbons (Fsp3) is 0.167. The topological polar surface area (TPSA) is 92.7 Å². The maximum absolute atomic E-state index is 11.3. The molecule has 0 aliphatic rings. The van der Waals surface area contributed by atoms with E-state index in [0.717, 1.165) is 31.9 Å². The van der Waals surface area contributed by atoms with Gasteiger partial charge in [-0.25, -0.2) is 13.2 Å². The Bertz CT molecular complexity index is 950. The van der Waals surface area contributed by atoms with Crippen LogP contribution in [-0.4, -0.2) is 32.4 Å². The van der Waals surface area contributed by atoms with Crippen LogP contribution in [0, 0.1) is 0 Å². The van der Waals surface area contributed by atoms with Gasteiger partial charge >= 0.3 is 5.97 Å². The Kier molecular flexibility index (Phi) is 7.60. The van der Waals surface area contributed by atoms with Crippen molar-refractivity contribution in [3.05, 3.63) is 62.0 Å². The summed E-state index contributed by atoms with van der Waals surface area (Å²) in [5.74, 6) is -1.01. The molecule has 0 radical (unpaired) electrons. The number of hydrogen-bond donors (Lipinski definition) is 2. The van der Waals surface area contributed by atoms with Gasteiger partial charge in [0.2, 0.25) is 10.0 Å². The first-order valence-electron chi connectivity index (χ1n) is 7.67. The van der Waals surface area contributed by atoms with Crippen LogP contribution in [0.1, 0.15) is 16.7 Å². The maximum Gasteiger partial charge on any atom is 0.329 e. The molecule has 0 aliphatic heterocycles. The zero-order chi connectivity index (χ0) is 20.0. The first-order valence-corrected chi connectivity index (χ1v) is 11.2. The molecule has 0 fully saturated rings. The number of rotatable bonds is 8. The maximum atomic E-state index is 11.3. The normalized spacial score (nSPS) is 11.7. The summed E-state index contributed by atoms with van der Waals surface area (Å²) in [6.07, 6.45) is 4.85. The van der Waals surface area contributed by atoms with Crippen LogP contribution in [0.3, 0.4) is 0 Å². The number of anilines is 1. The summed E-state index contributed by atoms with van der Waals surface area (Å²) in [5.41, 5.74) is 3.03. The van der Waals surface area contributed by atoms with E-state index in [1.807, 2.05) is 30.4 Å². The highest BCUT2D eigenvalue weighted by Crippen LogP contribution is 2.30. The van der Waals surface area contributed by atoms with E-state index in [0.29, 0.717) is 5.69 Å². The number of halogens is 2. The Balaban J connectivity index is 2.17. The van der Waals surface area contributed by atoms with Crippen LogP contribution in [0.25, 0.3) is 12.2 Å². The second kappa shape index (κ2) is 9.50. The number of ether oxygens (including phenoxy) is 1. The molecule has 0 atom stereocenters. The van der Waals surface area contributed by atoms with Crippen LogP contribution < -0.4 is 4.72 Å². The van der Waals surface area contributed by atoms with Gasteiger partial charge in [-0.15, -0.1) is 0 Å². The summed E-state index contributed by atoms with van der Waals surface area (Å²) in [5, 5.41) is 8.61. The first-order chi connectivity index (χ1) is 12.6. The Hall–Kier alpha value is -1.68. The molecule has 0 unspecified atom stereocenters. The number of carbonyl (C=O) groups is 1. The molecule has 0 amide bonds. The Morgan fingerprint density at radius 3 is 2.44 bits per heavy atom. The number of benzene rings is 2. The van der Waals surface area contributed by atoms with E-state index >= 15 is 0 Å². The molecule has 0 aromatic heterocycles. The number of sulfonamides is 1. The number of hydrogen-bond acceptors (Lipinski definition) is 4. The molecule has 2 aromatic carbocycles. The van der Waals surface area contributed by atoms with Crippen molar-refractivity contribution in [2.45, 2.75) is 6.61 Å². The molecule has 2 N–H and O–H groups in total.